The smallest absolute Gasteiger partial charge is 0.317 e. The summed E-state index contributed by atoms with van der Waals surface area (Å²) in [5.74, 6) is 0.743. The van der Waals surface area contributed by atoms with E-state index in [-0.39, 0.29) is 17.5 Å². The molecule has 2 aromatic rings. The minimum atomic E-state index is -0.134. The quantitative estimate of drug-likeness (QED) is 0.779. The van der Waals surface area contributed by atoms with Crippen molar-refractivity contribution in [1.82, 2.24) is 34.9 Å². The summed E-state index contributed by atoms with van der Waals surface area (Å²) in [4.78, 5) is 36.8. The van der Waals surface area contributed by atoms with E-state index in [0.29, 0.717) is 42.5 Å². The van der Waals surface area contributed by atoms with Gasteiger partial charge in [-0.15, -0.1) is 0 Å². The van der Waals surface area contributed by atoms with E-state index in [4.69, 9.17) is 4.98 Å². The maximum Gasteiger partial charge on any atom is 0.317 e. The van der Waals surface area contributed by atoms with Crippen LogP contribution in [0.1, 0.15) is 62.7 Å². The number of hydrogen-bond donors (Lipinski definition) is 2. The third kappa shape index (κ3) is 3.82. The molecule has 0 bridgehead atoms. The molecule has 1 saturated carbocycles. The highest BCUT2D eigenvalue weighted by Gasteiger charge is 2.34. The van der Waals surface area contributed by atoms with Gasteiger partial charge in [0.05, 0.1) is 18.2 Å². The number of hydrogen-bond acceptors (Lipinski definition) is 5. The van der Waals surface area contributed by atoms with Crippen molar-refractivity contribution in [3.63, 3.8) is 0 Å². The van der Waals surface area contributed by atoms with Crippen LogP contribution in [0, 0.1) is 0 Å². The van der Waals surface area contributed by atoms with Gasteiger partial charge in [0, 0.05) is 26.2 Å². The van der Waals surface area contributed by atoms with Crippen LogP contribution in [0.4, 0.5) is 4.79 Å². The molecule has 9 heteroatoms. The van der Waals surface area contributed by atoms with Crippen molar-refractivity contribution in [2.24, 2.45) is 0 Å². The van der Waals surface area contributed by atoms with Crippen LogP contribution in [0.2, 0.25) is 0 Å². The largest absolute Gasteiger partial charge is 0.337 e. The van der Waals surface area contributed by atoms with E-state index >= 15 is 0 Å². The lowest BCUT2D eigenvalue weighted by molar-refractivity contribution is 0.147. The molecule has 0 aromatic carbocycles. The molecule has 5 rings (SSSR count). The van der Waals surface area contributed by atoms with Gasteiger partial charge in [-0.05, 0) is 38.8 Å². The van der Waals surface area contributed by atoms with Crippen LogP contribution < -0.4 is 10.9 Å². The molecule has 2 aromatic heterocycles. The molecule has 4 heterocycles. The van der Waals surface area contributed by atoms with Gasteiger partial charge >= 0.3 is 6.03 Å². The Morgan fingerprint density at radius 1 is 1.13 bits per heavy atom. The molecule has 2 amide bonds. The van der Waals surface area contributed by atoms with Crippen molar-refractivity contribution in [1.29, 1.82) is 0 Å². The van der Waals surface area contributed by atoms with E-state index < -0.39 is 0 Å². The molecule has 2 saturated heterocycles. The zero-order valence-corrected chi connectivity index (χ0v) is 17.5. The van der Waals surface area contributed by atoms with Crippen molar-refractivity contribution >= 4 is 17.1 Å². The Balaban J connectivity index is 1.21. The molecule has 30 heavy (non-hydrogen) atoms. The van der Waals surface area contributed by atoms with Crippen LogP contribution in [0.5, 0.6) is 0 Å². The number of likely N-dealkylation sites (tertiary alicyclic amines) is 2. The van der Waals surface area contributed by atoms with Crippen molar-refractivity contribution < 1.29 is 4.79 Å². The number of carbonyl (C=O) groups excluding carboxylic acids is 1. The number of H-pyrrole nitrogens is 1. The van der Waals surface area contributed by atoms with Crippen LogP contribution in [0.3, 0.4) is 0 Å². The van der Waals surface area contributed by atoms with E-state index in [9.17, 15) is 9.59 Å². The first-order valence-corrected chi connectivity index (χ1v) is 11.4. The lowest BCUT2D eigenvalue weighted by atomic mass is 9.96. The highest BCUT2D eigenvalue weighted by Crippen LogP contribution is 2.30. The molecular weight excluding hydrogens is 382 g/mol. The standard InChI is InChI=1S/C21H31N7O2/c29-20-17-12-23-28(16-6-2-1-3-7-16)19(17)24-18(25-20)15-13-27(14-15)21(30)22-8-11-26-9-4-5-10-26/h12,15-16H,1-11,13-14H2,(H,22,30)(H,24,25,29). The Morgan fingerprint density at radius 2 is 1.90 bits per heavy atom. The third-order valence-corrected chi connectivity index (χ3v) is 6.86. The number of fused-ring (bicyclic) bond motifs is 1. The van der Waals surface area contributed by atoms with E-state index in [1.165, 1.54) is 32.1 Å². The molecule has 3 aliphatic rings. The zero-order valence-electron chi connectivity index (χ0n) is 17.5. The normalized spacial score (nSPS) is 21.3. The fourth-order valence-corrected chi connectivity index (χ4v) is 5.00. The Bertz CT molecular complexity index is 950. The number of amides is 2. The second-order valence-electron chi connectivity index (χ2n) is 8.95. The SMILES string of the molecule is O=C(NCCN1CCCC1)N1CC(c2nc3c(cnn3C3CCCCC3)c(=O)[nH]2)C1. The van der Waals surface area contributed by atoms with Gasteiger partial charge in [-0.1, -0.05) is 19.3 Å². The summed E-state index contributed by atoms with van der Waals surface area (Å²) in [6.07, 6.45) is 10.0. The lowest BCUT2D eigenvalue weighted by Gasteiger charge is -2.38. The summed E-state index contributed by atoms with van der Waals surface area (Å²) in [5.41, 5.74) is 0.555. The minimum absolute atomic E-state index is 0.0267. The van der Waals surface area contributed by atoms with E-state index in [2.05, 4.69) is 20.3 Å². The van der Waals surface area contributed by atoms with Crippen molar-refractivity contribution in [2.75, 3.05) is 39.3 Å². The van der Waals surface area contributed by atoms with Crippen LogP contribution >= 0.6 is 0 Å². The molecule has 0 radical (unpaired) electrons. The fraction of sp³-hybridized carbons (Fsp3) is 0.714. The number of nitrogens with one attached hydrogen (secondary N) is 2. The summed E-state index contributed by atoms with van der Waals surface area (Å²) < 4.78 is 1.95. The highest BCUT2D eigenvalue weighted by atomic mass is 16.2. The maximum atomic E-state index is 12.6. The van der Waals surface area contributed by atoms with Crippen molar-refractivity contribution in [2.45, 2.75) is 56.9 Å². The van der Waals surface area contributed by atoms with E-state index in [0.717, 1.165) is 32.5 Å². The molecule has 0 atom stereocenters. The zero-order chi connectivity index (χ0) is 20.5. The average Bonchev–Trinajstić information content (AvgIpc) is 3.38. The molecule has 0 unspecified atom stereocenters. The van der Waals surface area contributed by atoms with Gasteiger partial charge in [0.1, 0.15) is 11.2 Å². The first-order chi connectivity index (χ1) is 14.7. The minimum Gasteiger partial charge on any atom is -0.337 e. The average molecular weight is 414 g/mol. The predicted molar refractivity (Wildman–Crippen MR) is 114 cm³/mol. The van der Waals surface area contributed by atoms with Gasteiger partial charge in [0.25, 0.3) is 5.56 Å². The molecule has 0 spiro atoms. The second-order valence-corrected chi connectivity index (χ2v) is 8.95. The maximum absolute atomic E-state index is 12.6. The molecule has 162 valence electrons. The van der Waals surface area contributed by atoms with Crippen molar-refractivity contribution in [3.8, 4) is 0 Å². The summed E-state index contributed by atoms with van der Waals surface area (Å²) in [6.45, 7) is 5.05. The van der Waals surface area contributed by atoms with Crippen molar-refractivity contribution in [3.05, 3.63) is 22.4 Å². The van der Waals surface area contributed by atoms with Gasteiger partial charge in [-0.2, -0.15) is 5.10 Å². The van der Waals surface area contributed by atoms with Gasteiger partial charge < -0.3 is 20.1 Å². The summed E-state index contributed by atoms with van der Waals surface area (Å²) in [7, 11) is 0. The van der Waals surface area contributed by atoms with Gasteiger partial charge in [-0.25, -0.2) is 14.5 Å². The molecule has 2 aliphatic heterocycles. The lowest BCUT2D eigenvalue weighted by Crippen LogP contribution is -2.53. The van der Waals surface area contributed by atoms with Crippen LogP contribution in [-0.4, -0.2) is 74.8 Å². The predicted octanol–water partition coefficient (Wildman–Crippen LogP) is 1.83. The number of aromatic nitrogens is 4. The van der Waals surface area contributed by atoms with Crippen LogP contribution in [0.25, 0.3) is 11.0 Å². The monoisotopic (exact) mass is 413 g/mol. The molecule has 9 nitrogen and oxygen atoms in total. The van der Waals surface area contributed by atoms with Crippen LogP contribution in [0.15, 0.2) is 11.0 Å². The van der Waals surface area contributed by atoms with Gasteiger partial charge in [0.15, 0.2) is 5.65 Å². The number of urea groups is 1. The molecular formula is C21H31N7O2. The van der Waals surface area contributed by atoms with E-state index in [1.807, 2.05) is 4.68 Å². The summed E-state index contributed by atoms with van der Waals surface area (Å²) in [6, 6.07) is 0.304. The molecule has 3 fully saturated rings. The topological polar surface area (TPSA) is 99.2 Å². The van der Waals surface area contributed by atoms with Gasteiger partial charge in [-0.3, -0.25) is 4.79 Å². The number of nitrogens with zero attached hydrogens (tertiary/aromatic N) is 5. The third-order valence-electron chi connectivity index (χ3n) is 6.86. The van der Waals surface area contributed by atoms with E-state index in [1.54, 1.807) is 11.1 Å². The molecule has 2 N–H and O–H groups in total. The Hall–Kier alpha value is -2.42. The fourth-order valence-electron chi connectivity index (χ4n) is 5.00. The summed E-state index contributed by atoms with van der Waals surface area (Å²) >= 11 is 0. The summed E-state index contributed by atoms with van der Waals surface area (Å²) in [5, 5.41) is 8.06. The van der Waals surface area contributed by atoms with Crippen LogP contribution in [-0.2, 0) is 0 Å². The molecule has 1 aliphatic carbocycles. The first-order valence-electron chi connectivity index (χ1n) is 11.4. The second kappa shape index (κ2) is 8.37. The Morgan fingerprint density at radius 3 is 2.67 bits per heavy atom. The first kappa shape index (κ1) is 19.5. The number of rotatable bonds is 5. The Labute approximate surface area is 175 Å². The Kier molecular flexibility index (Phi) is 5.45. The highest BCUT2D eigenvalue weighted by molar-refractivity contribution is 5.76. The number of aromatic amines is 1. The van der Waals surface area contributed by atoms with Gasteiger partial charge in [0.2, 0.25) is 0 Å². The number of carbonyl (C=O) groups is 1.